The van der Waals surface area contributed by atoms with Gasteiger partial charge in [-0.1, -0.05) is 6.92 Å². The van der Waals surface area contributed by atoms with Crippen LogP contribution in [0.2, 0.25) is 0 Å². The molecule has 2 aromatic heterocycles. The lowest BCUT2D eigenvalue weighted by molar-refractivity contribution is -0.383. The second-order valence-corrected chi connectivity index (χ2v) is 5.02. The molecule has 0 radical (unpaired) electrons. The van der Waals surface area contributed by atoms with Gasteiger partial charge in [0.15, 0.2) is 0 Å². The molecule has 2 N–H and O–H groups in total. The third-order valence-electron chi connectivity index (χ3n) is 3.93. The Morgan fingerprint density at radius 2 is 2.35 bits per heavy atom. The first kappa shape index (κ1) is 12.6. The van der Waals surface area contributed by atoms with Crippen molar-refractivity contribution < 1.29 is 4.92 Å². The number of hydrogen-bond acceptors (Lipinski definition) is 6. The molecule has 0 amide bonds. The summed E-state index contributed by atoms with van der Waals surface area (Å²) in [5.74, 6) is 1.21. The molecule has 106 valence electrons. The fourth-order valence-electron chi connectivity index (χ4n) is 2.67. The number of nitrogen functional groups attached to an aromatic ring is 1. The fraction of sp³-hybridized carbons (Fsp3) is 0.500. The summed E-state index contributed by atoms with van der Waals surface area (Å²) < 4.78 is 1.54. The summed E-state index contributed by atoms with van der Waals surface area (Å²) in [5, 5.41) is 15.2. The SMILES string of the molecule is CCC(C)N1CCc2c(N)nc3c([N+](=O)[O-])cnn3c21. The predicted molar refractivity (Wildman–Crippen MR) is 74.9 cm³/mol. The Bertz CT molecular complexity index is 695. The van der Waals surface area contributed by atoms with E-state index in [-0.39, 0.29) is 11.3 Å². The van der Waals surface area contributed by atoms with Crippen LogP contribution in [0.25, 0.3) is 5.65 Å². The molecule has 0 aromatic carbocycles. The monoisotopic (exact) mass is 276 g/mol. The zero-order valence-corrected chi connectivity index (χ0v) is 11.4. The van der Waals surface area contributed by atoms with E-state index < -0.39 is 4.92 Å². The van der Waals surface area contributed by atoms with Crippen LogP contribution in [0.3, 0.4) is 0 Å². The lowest BCUT2D eigenvalue weighted by Gasteiger charge is -2.26. The summed E-state index contributed by atoms with van der Waals surface area (Å²) in [7, 11) is 0. The lowest BCUT2D eigenvalue weighted by Crippen LogP contribution is -2.32. The number of aromatic nitrogens is 3. The van der Waals surface area contributed by atoms with Gasteiger partial charge in [0.25, 0.3) is 0 Å². The Labute approximate surface area is 115 Å². The van der Waals surface area contributed by atoms with Gasteiger partial charge in [-0.05, 0) is 19.8 Å². The molecular weight excluding hydrogens is 260 g/mol. The molecule has 0 aliphatic carbocycles. The van der Waals surface area contributed by atoms with Gasteiger partial charge in [-0.25, -0.2) is 4.98 Å². The van der Waals surface area contributed by atoms with E-state index in [1.807, 2.05) is 0 Å². The van der Waals surface area contributed by atoms with E-state index in [1.54, 1.807) is 4.52 Å². The van der Waals surface area contributed by atoms with Gasteiger partial charge in [0.2, 0.25) is 5.65 Å². The normalized spacial score (nSPS) is 15.6. The van der Waals surface area contributed by atoms with E-state index in [1.165, 1.54) is 6.20 Å². The van der Waals surface area contributed by atoms with E-state index >= 15 is 0 Å². The molecule has 8 heteroatoms. The first-order valence-electron chi connectivity index (χ1n) is 6.61. The maximum absolute atomic E-state index is 11.0. The van der Waals surface area contributed by atoms with Crippen molar-refractivity contribution in [3.63, 3.8) is 0 Å². The minimum atomic E-state index is -0.482. The van der Waals surface area contributed by atoms with Gasteiger partial charge in [-0.3, -0.25) is 10.1 Å². The maximum atomic E-state index is 11.0. The Kier molecular flexibility index (Phi) is 2.73. The molecule has 1 aliphatic heterocycles. The zero-order chi connectivity index (χ0) is 14.4. The summed E-state index contributed by atoms with van der Waals surface area (Å²) in [6, 6.07) is 0.324. The topological polar surface area (TPSA) is 103 Å². The zero-order valence-electron chi connectivity index (χ0n) is 11.4. The molecule has 0 bridgehead atoms. The maximum Gasteiger partial charge on any atom is 0.333 e. The van der Waals surface area contributed by atoms with E-state index in [2.05, 4.69) is 28.8 Å². The number of nitrogens with zero attached hydrogens (tertiary/aromatic N) is 5. The van der Waals surface area contributed by atoms with Crippen LogP contribution in [0.5, 0.6) is 0 Å². The molecular formula is C12H16N6O2. The summed E-state index contributed by atoms with van der Waals surface area (Å²) in [6.07, 6.45) is 3.00. The summed E-state index contributed by atoms with van der Waals surface area (Å²) in [6.45, 7) is 5.06. The van der Waals surface area contributed by atoms with Crippen LogP contribution < -0.4 is 10.6 Å². The lowest BCUT2D eigenvalue weighted by atomic mass is 10.2. The van der Waals surface area contributed by atoms with Gasteiger partial charge in [-0.2, -0.15) is 9.61 Å². The van der Waals surface area contributed by atoms with Crippen molar-refractivity contribution in [2.24, 2.45) is 0 Å². The molecule has 2 aromatic rings. The van der Waals surface area contributed by atoms with Gasteiger partial charge < -0.3 is 10.6 Å². The molecule has 0 saturated carbocycles. The van der Waals surface area contributed by atoms with E-state index in [0.717, 1.165) is 30.8 Å². The highest BCUT2D eigenvalue weighted by Crippen LogP contribution is 2.35. The van der Waals surface area contributed by atoms with E-state index in [0.29, 0.717) is 11.9 Å². The molecule has 3 rings (SSSR count). The van der Waals surface area contributed by atoms with Gasteiger partial charge in [0.1, 0.15) is 17.8 Å². The number of hydrogen-bond donors (Lipinski definition) is 1. The van der Waals surface area contributed by atoms with E-state index in [9.17, 15) is 10.1 Å². The Morgan fingerprint density at radius 3 is 3.00 bits per heavy atom. The van der Waals surface area contributed by atoms with Gasteiger partial charge in [0.05, 0.1) is 4.92 Å². The van der Waals surface area contributed by atoms with Crippen molar-refractivity contribution in [3.8, 4) is 0 Å². The van der Waals surface area contributed by atoms with Crippen molar-refractivity contribution in [3.05, 3.63) is 21.9 Å². The Morgan fingerprint density at radius 1 is 1.60 bits per heavy atom. The third kappa shape index (κ3) is 1.60. The van der Waals surface area contributed by atoms with Crippen molar-refractivity contribution in [1.82, 2.24) is 14.6 Å². The minimum Gasteiger partial charge on any atom is -0.383 e. The summed E-state index contributed by atoms with van der Waals surface area (Å²) in [5.41, 5.74) is 6.99. The summed E-state index contributed by atoms with van der Waals surface area (Å²) in [4.78, 5) is 16.9. The first-order chi connectivity index (χ1) is 9.54. The largest absolute Gasteiger partial charge is 0.383 e. The van der Waals surface area contributed by atoms with Crippen LogP contribution in [0, 0.1) is 10.1 Å². The number of nitrogens with two attached hydrogens (primary N) is 1. The van der Waals surface area contributed by atoms with Gasteiger partial charge >= 0.3 is 5.69 Å². The van der Waals surface area contributed by atoms with Crippen LogP contribution in [0.4, 0.5) is 17.3 Å². The second kappa shape index (κ2) is 4.32. The molecule has 1 aliphatic rings. The minimum absolute atomic E-state index is 0.115. The van der Waals surface area contributed by atoms with Crippen LogP contribution in [-0.4, -0.2) is 32.1 Å². The van der Waals surface area contributed by atoms with Crippen molar-refractivity contribution in [2.45, 2.75) is 32.7 Å². The van der Waals surface area contributed by atoms with Crippen LogP contribution in [0.1, 0.15) is 25.8 Å². The van der Waals surface area contributed by atoms with E-state index in [4.69, 9.17) is 5.73 Å². The van der Waals surface area contributed by atoms with Crippen LogP contribution in [-0.2, 0) is 6.42 Å². The molecule has 1 unspecified atom stereocenters. The Balaban J connectivity index is 2.27. The smallest absolute Gasteiger partial charge is 0.333 e. The van der Waals surface area contributed by atoms with Crippen molar-refractivity contribution >= 4 is 23.0 Å². The van der Waals surface area contributed by atoms with Crippen LogP contribution in [0.15, 0.2) is 6.20 Å². The fourth-order valence-corrected chi connectivity index (χ4v) is 2.67. The highest BCUT2D eigenvalue weighted by molar-refractivity contribution is 5.71. The van der Waals surface area contributed by atoms with Gasteiger partial charge in [-0.15, -0.1) is 0 Å². The third-order valence-corrected chi connectivity index (χ3v) is 3.93. The quantitative estimate of drug-likeness (QED) is 0.671. The standard InChI is InChI=1S/C12H16N6O2/c1-3-7(2)16-5-4-8-10(13)15-11-9(18(19)20)6-14-17(11)12(8)16/h6-7H,3-5H2,1-2H3,(H2,13,15). The highest BCUT2D eigenvalue weighted by Gasteiger charge is 2.31. The second-order valence-electron chi connectivity index (χ2n) is 5.02. The predicted octanol–water partition coefficient (Wildman–Crippen LogP) is 1.38. The van der Waals surface area contributed by atoms with Crippen molar-refractivity contribution in [2.75, 3.05) is 17.2 Å². The summed E-state index contributed by atoms with van der Waals surface area (Å²) >= 11 is 0. The van der Waals surface area contributed by atoms with Crippen molar-refractivity contribution in [1.29, 1.82) is 0 Å². The average Bonchev–Trinajstić information content (AvgIpc) is 3.00. The number of fused-ring (bicyclic) bond motifs is 3. The molecule has 20 heavy (non-hydrogen) atoms. The molecule has 0 saturated heterocycles. The average molecular weight is 276 g/mol. The number of nitro groups is 1. The molecule has 8 nitrogen and oxygen atoms in total. The first-order valence-corrected chi connectivity index (χ1v) is 6.61. The van der Waals surface area contributed by atoms with Crippen LogP contribution >= 0.6 is 0 Å². The molecule has 0 spiro atoms. The number of anilines is 2. The molecule has 3 heterocycles. The number of rotatable bonds is 3. The molecule has 1 atom stereocenters. The highest BCUT2D eigenvalue weighted by atomic mass is 16.6. The van der Waals surface area contributed by atoms with Gasteiger partial charge in [0, 0.05) is 18.2 Å². The Hall–Kier alpha value is -2.38. The molecule has 0 fully saturated rings.